The van der Waals surface area contributed by atoms with E-state index < -0.39 is 17.4 Å². The van der Waals surface area contributed by atoms with Crippen LogP contribution in [0.25, 0.3) is 0 Å². The minimum atomic E-state index is -1.18. The Morgan fingerprint density at radius 3 is 2.56 bits per heavy atom. The summed E-state index contributed by atoms with van der Waals surface area (Å²) in [6.07, 6.45) is -0.314. The van der Waals surface area contributed by atoms with Gasteiger partial charge in [0.2, 0.25) is 0 Å². The second kappa shape index (κ2) is 8.56. The first-order valence-corrected chi connectivity index (χ1v) is 8.94. The molecule has 150 valence electrons. The van der Waals surface area contributed by atoms with Gasteiger partial charge in [0.1, 0.15) is 12.2 Å². The minimum Gasteiger partial charge on any atom is -0.489 e. The average molecular weight is 382 g/mol. The maximum absolute atomic E-state index is 13.9. The van der Waals surface area contributed by atoms with Crippen molar-refractivity contribution >= 4 is 12.1 Å². The summed E-state index contributed by atoms with van der Waals surface area (Å²) < 4.78 is 24.7. The summed E-state index contributed by atoms with van der Waals surface area (Å²) in [7, 11) is 0. The molecule has 1 atom stereocenters. The van der Waals surface area contributed by atoms with Gasteiger partial charge in [-0.15, -0.1) is 0 Å². The number of hydrogen-bond acceptors (Lipinski definition) is 5. The third-order valence-corrected chi connectivity index (χ3v) is 4.23. The van der Waals surface area contributed by atoms with Crippen molar-refractivity contribution in [3.8, 4) is 5.75 Å². The Balaban J connectivity index is 1.81. The van der Waals surface area contributed by atoms with E-state index in [4.69, 9.17) is 14.6 Å². The molecule has 7 nitrogen and oxygen atoms in total. The van der Waals surface area contributed by atoms with Gasteiger partial charge in [-0.05, 0) is 45.9 Å². The topological polar surface area (TPSA) is 79.3 Å². The zero-order valence-electron chi connectivity index (χ0n) is 16.2. The molecule has 27 heavy (non-hydrogen) atoms. The summed E-state index contributed by atoms with van der Waals surface area (Å²) in [5, 5.41) is 8.85. The van der Waals surface area contributed by atoms with Gasteiger partial charge in [-0.2, -0.15) is 0 Å². The Morgan fingerprint density at radius 2 is 2.00 bits per heavy atom. The van der Waals surface area contributed by atoms with Crippen LogP contribution in [0.1, 0.15) is 38.1 Å². The smallest absolute Gasteiger partial charge is 0.410 e. The van der Waals surface area contributed by atoms with Gasteiger partial charge < -0.3 is 19.5 Å². The summed E-state index contributed by atoms with van der Waals surface area (Å²) in [5.41, 5.74) is -0.641. The highest BCUT2D eigenvalue weighted by molar-refractivity contribution is 5.87. The van der Waals surface area contributed by atoms with Crippen LogP contribution >= 0.6 is 0 Å². The van der Waals surface area contributed by atoms with Crippen LogP contribution in [0.3, 0.4) is 0 Å². The number of amides is 1. The van der Waals surface area contributed by atoms with Crippen LogP contribution in [0.4, 0.5) is 9.18 Å². The molecule has 1 aliphatic heterocycles. The SMILES string of the molecule is C[C@@H]1CN(C(=O)OC(C)(C)C)CCN1CCOc1ccc(C(=O)O)cc1F. The second-order valence-corrected chi connectivity index (χ2v) is 7.61. The fraction of sp³-hybridized carbons (Fsp3) is 0.579. The van der Waals surface area contributed by atoms with Crippen LogP contribution in [0.5, 0.6) is 5.75 Å². The van der Waals surface area contributed by atoms with Gasteiger partial charge in [0, 0.05) is 32.2 Å². The first-order chi connectivity index (χ1) is 12.6. The maximum atomic E-state index is 13.9. The van der Waals surface area contributed by atoms with Crippen LogP contribution in [0, 0.1) is 5.82 Å². The molecule has 1 saturated heterocycles. The number of carboxylic acids is 1. The Labute approximate surface area is 158 Å². The van der Waals surface area contributed by atoms with E-state index in [0.717, 1.165) is 6.07 Å². The highest BCUT2D eigenvalue weighted by atomic mass is 19.1. The Bertz CT molecular complexity index is 689. The molecule has 8 heteroatoms. The molecule has 2 rings (SSSR count). The summed E-state index contributed by atoms with van der Waals surface area (Å²) in [6, 6.07) is 3.69. The lowest BCUT2D eigenvalue weighted by Crippen LogP contribution is -2.55. The number of piperazine rings is 1. The molecule has 0 bridgehead atoms. The van der Waals surface area contributed by atoms with Gasteiger partial charge in [-0.1, -0.05) is 0 Å². The number of aromatic carboxylic acids is 1. The number of benzene rings is 1. The zero-order valence-corrected chi connectivity index (χ0v) is 16.2. The van der Waals surface area contributed by atoms with Crippen LogP contribution in [-0.4, -0.2) is 71.4 Å². The summed E-state index contributed by atoms with van der Waals surface area (Å²) in [6.45, 7) is 10.1. The largest absolute Gasteiger partial charge is 0.489 e. The predicted molar refractivity (Wildman–Crippen MR) is 97.7 cm³/mol. The van der Waals surface area contributed by atoms with Gasteiger partial charge in [0.15, 0.2) is 11.6 Å². The van der Waals surface area contributed by atoms with E-state index >= 15 is 0 Å². The molecule has 1 heterocycles. The van der Waals surface area contributed by atoms with Gasteiger partial charge in [-0.3, -0.25) is 4.90 Å². The molecule has 1 N–H and O–H groups in total. The van der Waals surface area contributed by atoms with Crippen LogP contribution in [0.15, 0.2) is 18.2 Å². The van der Waals surface area contributed by atoms with Gasteiger partial charge in [-0.25, -0.2) is 14.0 Å². The van der Waals surface area contributed by atoms with E-state index in [1.165, 1.54) is 12.1 Å². The van der Waals surface area contributed by atoms with Crippen molar-refractivity contribution in [3.05, 3.63) is 29.6 Å². The first-order valence-electron chi connectivity index (χ1n) is 8.94. The number of hydrogen-bond donors (Lipinski definition) is 1. The number of halogens is 1. The normalized spacial score (nSPS) is 18.3. The highest BCUT2D eigenvalue weighted by Gasteiger charge is 2.29. The number of ether oxygens (including phenoxy) is 2. The third-order valence-electron chi connectivity index (χ3n) is 4.23. The Kier molecular flexibility index (Phi) is 6.64. The van der Waals surface area contributed by atoms with E-state index in [-0.39, 0.29) is 30.1 Å². The van der Waals surface area contributed by atoms with E-state index in [9.17, 15) is 14.0 Å². The number of carboxylic acid groups (broad SMARTS) is 1. The lowest BCUT2D eigenvalue weighted by molar-refractivity contribution is 0.00423. The molecule has 0 unspecified atom stereocenters. The highest BCUT2D eigenvalue weighted by Crippen LogP contribution is 2.19. The molecule has 0 aliphatic carbocycles. The van der Waals surface area contributed by atoms with Crippen molar-refractivity contribution in [1.29, 1.82) is 0 Å². The van der Waals surface area contributed by atoms with Gasteiger partial charge in [0.25, 0.3) is 0 Å². The van der Waals surface area contributed by atoms with Crippen molar-refractivity contribution < 1.29 is 28.6 Å². The molecular weight excluding hydrogens is 355 g/mol. The lowest BCUT2D eigenvalue weighted by atomic mass is 10.2. The summed E-state index contributed by atoms with van der Waals surface area (Å²) in [4.78, 5) is 26.8. The molecule has 0 saturated carbocycles. The lowest BCUT2D eigenvalue weighted by Gasteiger charge is -2.40. The van der Waals surface area contributed by atoms with Crippen molar-refractivity contribution in [2.45, 2.75) is 39.3 Å². The number of carbonyl (C=O) groups excluding carboxylic acids is 1. The standard InChI is InChI=1S/C19H27FN2O5/c1-13-12-22(18(25)27-19(2,3)4)8-7-21(13)9-10-26-16-6-5-14(17(23)24)11-15(16)20/h5-6,11,13H,7-10,12H2,1-4H3,(H,23,24)/t13-/m1/s1. The van der Waals surface area contributed by atoms with Crippen molar-refractivity contribution in [1.82, 2.24) is 9.80 Å². The fourth-order valence-corrected chi connectivity index (χ4v) is 2.84. The fourth-order valence-electron chi connectivity index (χ4n) is 2.84. The van der Waals surface area contributed by atoms with E-state index in [2.05, 4.69) is 4.90 Å². The van der Waals surface area contributed by atoms with Gasteiger partial charge in [0.05, 0.1) is 5.56 Å². The molecule has 1 amide bonds. The molecule has 0 spiro atoms. The third kappa shape index (κ3) is 6.09. The quantitative estimate of drug-likeness (QED) is 0.844. The predicted octanol–water partition coefficient (Wildman–Crippen LogP) is 2.84. The Morgan fingerprint density at radius 1 is 1.30 bits per heavy atom. The van der Waals surface area contributed by atoms with Crippen molar-refractivity contribution in [3.63, 3.8) is 0 Å². The first kappa shape index (κ1) is 21.0. The van der Waals surface area contributed by atoms with E-state index in [0.29, 0.717) is 26.2 Å². The minimum absolute atomic E-state index is 0.0278. The second-order valence-electron chi connectivity index (χ2n) is 7.61. The zero-order chi connectivity index (χ0) is 20.2. The molecule has 0 aromatic heterocycles. The van der Waals surface area contributed by atoms with Gasteiger partial charge >= 0.3 is 12.1 Å². The molecule has 1 aromatic rings. The molecule has 1 aromatic carbocycles. The average Bonchev–Trinajstić information content (AvgIpc) is 2.55. The van der Waals surface area contributed by atoms with Crippen LogP contribution in [0.2, 0.25) is 0 Å². The van der Waals surface area contributed by atoms with Crippen molar-refractivity contribution in [2.24, 2.45) is 0 Å². The number of carbonyl (C=O) groups is 2. The molecule has 1 aliphatic rings. The van der Waals surface area contributed by atoms with E-state index in [1.807, 2.05) is 27.7 Å². The Hall–Kier alpha value is -2.35. The van der Waals surface area contributed by atoms with Crippen LogP contribution in [-0.2, 0) is 4.74 Å². The molecular formula is C19H27FN2O5. The molecule has 1 fully saturated rings. The van der Waals surface area contributed by atoms with E-state index in [1.54, 1.807) is 4.90 Å². The summed E-state index contributed by atoms with van der Waals surface area (Å²) >= 11 is 0. The molecule has 0 radical (unpaired) electrons. The monoisotopic (exact) mass is 382 g/mol. The number of rotatable bonds is 5. The maximum Gasteiger partial charge on any atom is 0.410 e. The van der Waals surface area contributed by atoms with Crippen molar-refractivity contribution in [2.75, 3.05) is 32.8 Å². The number of nitrogens with zero attached hydrogens (tertiary/aromatic N) is 2. The van der Waals surface area contributed by atoms with Crippen LogP contribution < -0.4 is 4.74 Å². The summed E-state index contributed by atoms with van der Waals surface area (Å²) in [5.74, 6) is -1.85.